The molecule has 2 rings (SSSR count). The number of rotatable bonds is 8. The largest absolute Gasteiger partial charge is 0.489 e. The lowest BCUT2D eigenvalue weighted by Gasteiger charge is -2.07. The summed E-state index contributed by atoms with van der Waals surface area (Å²) in [4.78, 5) is 11.8. The summed E-state index contributed by atoms with van der Waals surface area (Å²) in [6, 6.07) is 14.9. The first kappa shape index (κ1) is 17.3. The molecule has 0 unspecified atom stereocenters. The van der Waals surface area contributed by atoms with Crippen LogP contribution >= 0.6 is 0 Å². The number of aryl methyl sites for hydroxylation is 1. The summed E-state index contributed by atoms with van der Waals surface area (Å²) in [5.74, 6) is 0.987. The Bertz CT molecular complexity index is 726. The van der Waals surface area contributed by atoms with E-state index < -0.39 is 0 Å². The number of nitrogens with zero attached hydrogens (tertiary/aromatic N) is 1. The molecule has 24 heavy (non-hydrogen) atoms. The van der Waals surface area contributed by atoms with Crippen molar-refractivity contribution in [3.63, 3.8) is 0 Å². The predicted molar refractivity (Wildman–Crippen MR) is 94.5 cm³/mol. The Morgan fingerprint density at radius 3 is 2.83 bits per heavy atom. The monoisotopic (exact) mass is 324 g/mol. The maximum atomic E-state index is 11.8. The van der Waals surface area contributed by atoms with Gasteiger partial charge in [-0.2, -0.15) is 5.10 Å². The van der Waals surface area contributed by atoms with Crippen LogP contribution in [-0.4, -0.2) is 25.3 Å². The number of amides is 1. The van der Waals surface area contributed by atoms with E-state index >= 15 is 0 Å². The second kappa shape index (κ2) is 9.15. The summed E-state index contributed by atoms with van der Waals surface area (Å²) in [6.07, 6.45) is 3.20. The highest BCUT2D eigenvalue weighted by Gasteiger charge is 2.02. The molecule has 0 atom stereocenters. The lowest BCUT2D eigenvalue weighted by atomic mass is 10.2. The number of benzene rings is 2. The molecule has 5 nitrogen and oxygen atoms in total. The van der Waals surface area contributed by atoms with Gasteiger partial charge in [0.1, 0.15) is 18.1 Å². The molecule has 0 aliphatic rings. The molecule has 0 saturated carbocycles. The minimum Gasteiger partial charge on any atom is -0.489 e. The number of hydrazone groups is 1. The molecule has 124 valence electrons. The van der Waals surface area contributed by atoms with Crippen molar-refractivity contribution in [1.82, 2.24) is 5.43 Å². The SMILES string of the molecule is C=CCOc1ccccc1C=NNC(=O)COc1cccc(C)c1. The molecule has 5 heteroatoms. The maximum Gasteiger partial charge on any atom is 0.277 e. The minimum absolute atomic E-state index is 0.102. The van der Waals surface area contributed by atoms with E-state index in [4.69, 9.17) is 9.47 Å². The van der Waals surface area contributed by atoms with E-state index in [1.807, 2.05) is 49.4 Å². The van der Waals surface area contributed by atoms with Crippen LogP contribution in [0.25, 0.3) is 0 Å². The van der Waals surface area contributed by atoms with Crippen LogP contribution < -0.4 is 14.9 Å². The highest BCUT2D eigenvalue weighted by atomic mass is 16.5. The van der Waals surface area contributed by atoms with Gasteiger partial charge in [-0.25, -0.2) is 5.43 Å². The number of carbonyl (C=O) groups excluding carboxylic acids is 1. The van der Waals surface area contributed by atoms with Crippen molar-refractivity contribution in [2.75, 3.05) is 13.2 Å². The topological polar surface area (TPSA) is 59.9 Å². The Hall–Kier alpha value is -3.08. The third kappa shape index (κ3) is 5.61. The van der Waals surface area contributed by atoms with E-state index in [9.17, 15) is 4.79 Å². The van der Waals surface area contributed by atoms with E-state index in [0.717, 1.165) is 11.1 Å². The van der Waals surface area contributed by atoms with Crippen LogP contribution in [0.5, 0.6) is 11.5 Å². The van der Waals surface area contributed by atoms with Crippen molar-refractivity contribution in [2.45, 2.75) is 6.92 Å². The molecule has 1 amide bonds. The third-order valence-electron chi connectivity index (χ3n) is 3.03. The number of hydrogen-bond acceptors (Lipinski definition) is 4. The molecule has 0 saturated heterocycles. The van der Waals surface area contributed by atoms with Gasteiger partial charge in [0.25, 0.3) is 5.91 Å². The lowest BCUT2D eigenvalue weighted by molar-refractivity contribution is -0.123. The fourth-order valence-corrected chi connectivity index (χ4v) is 1.93. The average Bonchev–Trinajstić information content (AvgIpc) is 2.59. The van der Waals surface area contributed by atoms with Crippen LogP contribution in [0.3, 0.4) is 0 Å². The zero-order valence-corrected chi connectivity index (χ0v) is 13.6. The van der Waals surface area contributed by atoms with Crippen molar-refractivity contribution in [3.8, 4) is 11.5 Å². The summed E-state index contributed by atoms with van der Waals surface area (Å²) in [5.41, 5.74) is 4.26. The first-order valence-electron chi connectivity index (χ1n) is 7.53. The second-order valence-electron chi connectivity index (χ2n) is 5.04. The molecule has 0 fully saturated rings. The second-order valence-corrected chi connectivity index (χ2v) is 5.04. The summed E-state index contributed by atoms with van der Waals surface area (Å²) >= 11 is 0. The third-order valence-corrected chi connectivity index (χ3v) is 3.03. The van der Waals surface area contributed by atoms with Gasteiger partial charge in [0, 0.05) is 5.56 Å². The molecule has 0 aliphatic carbocycles. The van der Waals surface area contributed by atoms with Gasteiger partial charge in [0.05, 0.1) is 6.21 Å². The molecule has 0 bridgehead atoms. The normalized spacial score (nSPS) is 10.4. The average molecular weight is 324 g/mol. The smallest absolute Gasteiger partial charge is 0.277 e. The number of ether oxygens (including phenoxy) is 2. The van der Waals surface area contributed by atoms with Crippen LogP contribution in [0.15, 0.2) is 66.3 Å². The Morgan fingerprint density at radius 1 is 1.21 bits per heavy atom. The van der Waals surface area contributed by atoms with Gasteiger partial charge in [0.15, 0.2) is 6.61 Å². The van der Waals surface area contributed by atoms with Gasteiger partial charge in [-0.15, -0.1) is 0 Å². The van der Waals surface area contributed by atoms with Crippen LogP contribution in [0.1, 0.15) is 11.1 Å². The van der Waals surface area contributed by atoms with E-state index in [0.29, 0.717) is 18.1 Å². The fourth-order valence-electron chi connectivity index (χ4n) is 1.93. The summed E-state index contributed by atoms with van der Waals surface area (Å²) in [5, 5.41) is 3.93. The van der Waals surface area contributed by atoms with Crippen molar-refractivity contribution in [2.24, 2.45) is 5.10 Å². The van der Waals surface area contributed by atoms with Gasteiger partial charge in [-0.1, -0.05) is 36.9 Å². The molecule has 0 heterocycles. The fraction of sp³-hybridized carbons (Fsp3) is 0.158. The van der Waals surface area contributed by atoms with Crippen LogP contribution in [0.4, 0.5) is 0 Å². The molecule has 0 spiro atoms. The summed E-state index contributed by atoms with van der Waals surface area (Å²) < 4.78 is 10.9. The lowest BCUT2D eigenvalue weighted by Crippen LogP contribution is -2.24. The summed E-state index contributed by atoms with van der Waals surface area (Å²) in [6.45, 7) is 5.88. The van der Waals surface area contributed by atoms with Crippen molar-refractivity contribution in [1.29, 1.82) is 0 Å². The van der Waals surface area contributed by atoms with Gasteiger partial charge < -0.3 is 9.47 Å². The van der Waals surface area contributed by atoms with Crippen LogP contribution in [-0.2, 0) is 4.79 Å². The summed E-state index contributed by atoms with van der Waals surface area (Å²) in [7, 11) is 0. The maximum absolute atomic E-state index is 11.8. The molecule has 0 aliphatic heterocycles. The molecule has 2 aromatic carbocycles. The highest BCUT2D eigenvalue weighted by molar-refractivity contribution is 5.85. The van der Waals surface area contributed by atoms with E-state index in [-0.39, 0.29) is 12.5 Å². The molecule has 2 aromatic rings. The number of hydrogen-bond donors (Lipinski definition) is 1. The Balaban J connectivity index is 1.85. The van der Waals surface area contributed by atoms with Crippen molar-refractivity contribution < 1.29 is 14.3 Å². The molecular formula is C19H20N2O3. The Morgan fingerprint density at radius 2 is 2.04 bits per heavy atom. The van der Waals surface area contributed by atoms with Gasteiger partial charge in [-0.05, 0) is 36.8 Å². The number of nitrogens with one attached hydrogen (secondary N) is 1. The zero-order valence-electron chi connectivity index (χ0n) is 13.6. The van der Waals surface area contributed by atoms with Gasteiger partial charge >= 0.3 is 0 Å². The van der Waals surface area contributed by atoms with E-state index in [1.165, 1.54) is 6.21 Å². The quantitative estimate of drug-likeness (QED) is 0.461. The van der Waals surface area contributed by atoms with Crippen molar-refractivity contribution >= 4 is 12.1 Å². The molecular weight excluding hydrogens is 304 g/mol. The Labute approximate surface area is 141 Å². The van der Waals surface area contributed by atoms with Crippen molar-refractivity contribution in [3.05, 3.63) is 72.3 Å². The predicted octanol–water partition coefficient (Wildman–Crippen LogP) is 3.09. The first-order valence-corrected chi connectivity index (χ1v) is 7.53. The van der Waals surface area contributed by atoms with Crippen LogP contribution in [0, 0.1) is 6.92 Å². The standard InChI is InChI=1S/C19H20N2O3/c1-3-11-23-18-10-5-4-8-16(18)13-20-21-19(22)14-24-17-9-6-7-15(2)12-17/h3-10,12-13H,1,11,14H2,2H3,(H,21,22). The highest BCUT2D eigenvalue weighted by Crippen LogP contribution is 2.15. The molecule has 1 N–H and O–H groups in total. The van der Waals surface area contributed by atoms with E-state index in [1.54, 1.807) is 12.1 Å². The zero-order chi connectivity index (χ0) is 17.2. The van der Waals surface area contributed by atoms with Gasteiger partial charge in [0.2, 0.25) is 0 Å². The first-order chi connectivity index (χ1) is 11.7. The minimum atomic E-state index is -0.336. The van der Waals surface area contributed by atoms with Gasteiger partial charge in [-0.3, -0.25) is 4.79 Å². The molecule has 0 radical (unpaired) electrons. The van der Waals surface area contributed by atoms with Crippen LogP contribution in [0.2, 0.25) is 0 Å². The molecule has 0 aromatic heterocycles. The van der Waals surface area contributed by atoms with E-state index in [2.05, 4.69) is 17.1 Å². The number of carbonyl (C=O) groups is 1. The number of para-hydroxylation sites is 1. The Kier molecular flexibility index (Phi) is 6.58.